The van der Waals surface area contributed by atoms with Gasteiger partial charge < -0.3 is 19.2 Å². The first-order valence-electron chi connectivity index (χ1n) is 7.83. The van der Waals surface area contributed by atoms with Crippen molar-refractivity contribution in [3.8, 4) is 22.8 Å². The number of oxazole rings is 1. The molecule has 0 spiro atoms. The number of carbonyl (C=O) groups is 1. The lowest BCUT2D eigenvalue weighted by atomic mass is 10.1. The van der Waals surface area contributed by atoms with Crippen molar-refractivity contribution in [2.45, 2.75) is 6.54 Å². The van der Waals surface area contributed by atoms with Gasteiger partial charge in [0, 0.05) is 46.3 Å². The third-order valence-electron chi connectivity index (χ3n) is 3.79. The molecule has 3 aromatic rings. The van der Waals surface area contributed by atoms with Gasteiger partial charge in [-0.1, -0.05) is 30.3 Å². The maximum atomic E-state index is 12.6. The Morgan fingerprint density at radius 3 is 2.62 bits per heavy atom. The van der Waals surface area contributed by atoms with Crippen LogP contribution in [0.1, 0.15) is 16.1 Å². The summed E-state index contributed by atoms with van der Waals surface area (Å²) in [5.41, 5.74) is 1.89. The Morgan fingerprint density at radius 2 is 1.92 bits per heavy atom. The summed E-state index contributed by atoms with van der Waals surface area (Å²) in [6.07, 6.45) is 0. The highest BCUT2D eigenvalue weighted by Gasteiger charge is 2.20. The largest absolute Gasteiger partial charge is 0.497 e. The van der Waals surface area contributed by atoms with Gasteiger partial charge in [0.1, 0.15) is 11.5 Å². The first-order valence-corrected chi connectivity index (χ1v) is 8.91. The van der Waals surface area contributed by atoms with Gasteiger partial charge in [0.25, 0.3) is 9.80 Å². The van der Waals surface area contributed by atoms with E-state index in [-0.39, 0.29) is 11.6 Å². The lowest BCUT2D eigenvalue weighted by molar-refractivity contribution is 0.0946. The van der Waals surface area contributed by atoms with Crippen molar-refractivity contribution in [3.63, 3.8) is 0 Å². The molecule has 3 rings (SSSR count). The average Bonchev–Trinajstić information content (AvgIpc) is 3.08. The Kier molecular flexibility index (Phi) is 5.77. The van der Waals surface area contributed by atoms with Gasteiger partial charge >= 0.3 is 0 Å². The number of aromatic nitrogens is 1. The molecule has 0 radical (unpaired) electrons. The second-order valence-corrected chi connectivity index (χ2v) is 6.29. The minimum absolute atomic E-state index is 0.257. The molecule has 1 heterocycles. The number of amides is 1. The number of methoxy groups -OCH3 is 2. The number of rotatable bonds is 6. The second kappa shape index (κ2) is 8.22. The van der Waals surface area contributed by atoms with E-state index in [4.69, 9.17) is 13.9 Å². The van der Waals surface area contributed by atoms with E-state index in [1.54, 1.807) is 20.3 Å². The summed E-state index contributed by atoms with van der Waals surface area (Å²) >= 11 is 1.95. The summed E-state index contributed by atoms with van der Waals surface area (Å²) < 4.78 is 16.6. The Hall–Kier alpha value is -2.55. The van der Waals surface area contributed by atoms with E-state index < -0.39 is 0 Å². The summed E-state index contributed by atoms with van der Waals surface area (Å²) in [6.45, 7) is 0.295. The van der Waals surface area contributed by atoms with Gasteiger partial charge in [-0.2, -0.15) is 4.98 Å². The number of hydrogen-bond donors (Lipinski definition) is 1. The molecular weight excluding hydrogens is 447 g/mol. The van der Waals surface area contributed by atoms with Gasteiger partial charge in [-0.15, -0.1) is 0 Å². The van der Waals surface area contributed by atoms with Crippen LogP contribution in [0.4, 0.5) is 0 Å². The Bertz CT molecular complexity index is 909. The maximum Gasteiger partial charge on any atom is 0.274 e. The number of benzene rings is 2. The highest BCUT2D eigenvalue weighted by Crippen LogP contribution is 2.27. The van der Waals surface area contributed by atoms with E-state index in [2.05, 4.69) is 10.3 Å². The molecule has 26 heavy (non-hydrogen) atoms. The number of halogens is 1. The Morgan fingerprint density at radius 1 is 1.15 bits per heavy atom. The predicted octanol–water partition coefficient (Wildman–Crippen LogP) is 3.89. The van der Waals surface area contributed by atoms with Crippen molar-refractivity contribution in [3.05, 3.63) is 63.7 Å². The van der Waals surface area contributed by atoms with E-state index >= 15 is 0 Å². The molecule has 0 aliphatic rings. The van der Waals surface area contributed by atoms with Gasteiger partial charge in [-0.25, -0.2) is 0 Å². The van der Waals surface area contributed by atoms with Crippen LogP contribution in [0.5, 0.6) is 11.5 Å². The van der Waals surface area contributed by atoms with Crippen LogP contribution in [0.25, 0.3) is 11.3 Å². The zero-order valence-electron chi connectivity index (χ0n) is 14.3. The van der Waals surface area contributed by atoms with Crippen LogP contribution in [-0.2, 0) is 6.54 Å². The minimum atomic E-state index is -0.312. The molecule has 0 aliphatic carbocycles. The summed E-state index contributed by atoms with van der Waals surface area (Å²) in [5.74, 6) is 1.47. The molecule has 6 nitrogen and oxygen atoms in total. The topological polar surface area (TPSA) is 73.6 Å². The molecule has 0 saturated heterocycles. The molecule has 0 aliphatic heterocycles. The lowest BCUT2D eigenvalue weighted by Gasteiger charge is -2.11. The summed E-state index contributed by atoms with van der Waals surface area (Å²) in [5, 5.41) is 2.87. The molecule has 1 amide bonds. The highest BCUT2D eigenvalue weighted by molar-refractivity contribution is 14.1. The third-order valence-corrected chi connectivity index (χ3v) is 4.25. The van der Waals surface area contributed by atoms with Gasteiger partial charge in [-0.3, -0.25) is 4.79 Å². The average molecular weight is 464 g/mol. The summed E-state index contributed by atoms with van der Waals surface area (Å²) in [6, 6.07) is 14.9. The zero-order valence-corrected chi connectivity index (χ0v) is 16.4. The van der Waals surface area contributed by atoms with Crippen molar-refractivity contribution in [1.29, 1.82) is 0 Å². The minimum Gasteiger partial charge on any atom is -0.497 e. The predicted molar refractivity (Wildman–Crippen MR) is 105 cm³/mol. The van der Waals surface area contributed by atoms with Crippen LogP contribution < -0.4 is 14.8 Å². The van der Waals surface area contributed by atoms with Crippen LogP contribution in [0.3, 0.4) is 0 Å². The van der Waals surface area contributed by atoms with Crippen LogP contribution in [-0.4, -0.2) is 25.1 Å². The first kappa shape index (κ1) is 18.2. The van der Waals surface area contributed by atoms with Crippen molar-refractivity contribution in [1.82, 2.24) is 10.3 Å². The monoisotopic (exact) mass is 464 g/mol. The molecule has 7 heteroatoms. The van der Waals surface area contributed by atoms with Crippen LogP contribution in [0, 0.1) is 3.90 Å². The number of carbonyl (C=O) groups excluding carboxylic acids is 1. The van der Waals surface area contributed by atoms with Crippen LogP contribution in [0.2, 0.25) is 0 Å². The molecule has 1 N–H and O–H groups in total. The van der Waals surface area contributed by atoms with E-state index in [0.717, 1.165) is 11.1 Å². The van der Waals surface area contributed by atoms with Crippen LogP contribution >= 0.6 is 22.6 Å². The van der Waals surface area contributed by atoms with Crippen molar-refractivity contribution >= 4 is 28.5 Å². The molecule has 134 valence electrons. The van der Waals surface area contributed by atoms with Crippen LogP contribution in [0.15, 0.2) is 52.9 Å². The fourth-order valence-corrected chi connectivity index (χ4v) is 2.95. The molecule has 0 bridgehead atoms. The van der Waals surface area contributed by atoms with Crippen molar-refractivity contribution < 1.29 is 18.7 Å². The molecule has 0 fully saturated rings. The lowest BCUT2D eigenvalue weighted by Crippen LogP contribution is -2.24. The van der Waals surface area contributed by atoms with E-state index in [1.165, 1.54) is 0 Å². The normalized spacial score (nSPS) is 10.4. The highest BCUT2D eigenvalue weighted by atomic mass is 127. The Balaban J connectivity index is 1.80. The number of ether oxygens (including phenoxy) is 2. The fourth-order valence-electron chi connectivity index (χ4n) is 2.49. The maximum absolute atomic E-state index is 12.6. The number of nitrogens with zero attached hydrogens (tertiary/aromatic N) is 1. The Labute approximate surface area is 164 Å². The quantitative estimate of drug-likeness (QED) is 0.561. The van der Waals surface area contributed by atoms with Crippen molar-refractivity contribution in [2.75, 3.05) is 14.2 Å². The fraction of sp³-hybridized carbons (Fsp3) is 0.158. The zero-order chi connectivity index (χ0) is 18.5. The molecule has 0 saturated carbocycles. The van der Waals surface area contributed by atoms with E-state index in [1.807, 2.05) is 65.1 Å². The SMILES string of the molecule is COc1ccc(CNC(=O)c2nc(I)oc2-c2ccccc2)c(OC)c1. The summed E-state index contributed by atoms with van der Waals surface area (Å²) in [7, 11) is 3.17. The smallest absolute Gasteiger partial charge is 0.274 e. The number of hydrogen-bond acceptors (Lipinski definition) is 5. The van der Waals surface area contributed by atoms with Crippen molar-refractivity contribution in [2.24, 2.45) is 0 Å². The van der Waals surface area contributed by atoms with Gasteiger partial charge in [0.05, 0.1) is 14.2 Å². The first-order chi connectivity index (χ1) is 12.6. The van der Waals surface area contributed by atoms with E-state index in [0.29, 0.717) is 27.7 Å². The van der Waals surface area contributed by atoms with Gasteiger partial charge in [0.15, 0.2) is 11.5 Å². The summed E-state index contributed by atoms with van der Waals surface area (Å²) in [4.78, 5) is 16.9. The van der Waals surface area contributed by atoms with E-state index in [9.17, 15) is 4.79 Å². The molecule has 1 aromatic heterocycles. The molecule has 0 unspecified atom stereocenters. The standard InChI is InChI=1S/C19H17IN2O4/c1-24-14-9-8-13(15(10-14)25-2)11-21-18(23)16-17(26-19(20)22-16)12-6-4-3-5-7-12/h3-10H,11H2,1-2H3,(H,21,23). The molecule has 0 atom stereocenters. The number of nitrogens with one attached hydrogen (secondary N) is 1. The van der Waals surface area contributed by atoms with Gasteiger partial charge in [-0.05, 0) is 12.1 Å². The molecule has 2 aromatic carbocycles. The third kappa shape index (κ3) is 3.98. The van der Waals surface area contributed by atoms with Gasteiger partial charge in [0.2, 0.25) is 0 Å². The molecular formula is C19H17IN2O4. The second-order valence-electron chi connectivity index (χ2n) is 5.37.